The van der Waals surface area contributed by atoms with Crippen LogP contribution in [0.2, 0.25) is 0 Å². The van der Waals surface area contributed by atoms with Crippen molar-refractivity contribution in [3.8, 4) is 0 Å². The highest BCUT2D eigenvalue weighted by Gasteiger charge is 2.49. The van der Waals surface area contributed by atoms with Crippen LogP contribution in [0.25, 0.3) is 0 Å². The van der Waals surface area contributed by atoms with E-state index in [2.05, 4.69) is 0 Å². The molecule has 2 fully saturated rings. The molecule has 0 atom stereocenters. The number of hydroxylamine groups is 4. The van der Waals surface area contributed by atoms with E-state index >= 15 is 0 Å². The van der Waals surface area contributed by atoms with Crippen LogP contribution in [0, 0.1) is 0 Å². The lowest BCUT2D eigenvalue weighted by atomic mass is 9.80. The predicted octanol–water partition coefficient (Wildman–Crippen LogP) is 4.73. The van der Waals surface area contributed by atoms with E-state index in [1.54, 1.807) is 24.3 Å². The minimum Gasteiger partial charge on any atom is -0.459 e. The monoisotopic (exact) mass is 474 g/mol. The number of carbonyl (C=O) groups excluding carboxylic acids is 2. The van der Waals surface area contributed by atoms with Crippen LogP contribution < -0.4 is 0 Å². The normalized spacial score (nSPS) is 25.0. The van der Waals surface area contributed by atoms with Gasteiger partial charge in [0.2, 0.25) is 0 Å². The van der Waals surface area contributed by atoms with Gasteiger partial charge in [-0.1, -0.05) is 12.1 Å². The quantitative estimate of drug-likeness (QED) is 0.585. The van der Waals surface area contributed by atoms with Gasteiger partial charge in [0.25, 0.3) is 0 Å². The van der Waals surface area contributed by atoms with Crippen LogP contribution in [0.1, 0.15) is 102 Å². The van der Waals surface area contributed by atoms with Crippen LogP contribution in [-0.4, -0.2) is 56.4 Å². The molecule has 0 saturated carbocycles. The number of nitrogens with zero attached hydrogens (tertiary/aromatic N) is 2. The molecular weight excluding hydrogens is 436 g/mol. The zero-order valence-corrected chi connectivity index (χ0v) is 21.6. The second kappa shape index (κ2) is 8.90. The molecule has 8 heteroatoms. The van der Waals surface area contributed by atoms with Crippen molar-refractivity contribution in [3.05, 3.63) is 35.4 Å². The van der Waals surface area contributed by atoms with Crippen LogP contribution in [0.5, 0.6) is 0 Å². The van der Waals surface area contributed by atoms with Gasteiger partial charge >= 0.3 is 11.9 Å². The SMILES string of the molecule is CC1(C)CC(OC(=O)c2ccccc2C(=O)OC2CC(C)(C)N([O])C(C)(C)C2)CC(C)(C)N1[O]. The first kappa shape index (κ1) is 26.6. The van der Waals surface area contributed by atoms with Gasteiger partial charge < -0.3 is 9.47 Å². The number of ether oxygens (including phenoxy) is 2. The molecule has 0 spiro atoms. The molecule has 0 bridgehead atoms. The van der Waals surface area contributed by atoms with Crippen LogP contribution in [0.3, 0.4) is 0 Å². The van der Waals surface area contributed by atoms with E-state index in [-0.39, 0.29) is 11.1 Å². The van der Waals surface area contributed by atoms with Crippen molar-refractivity contribution in [2.75, 3.05) is 0 Å². The van der Waals surface area contributed by atoms with E-state index in [0.29, 0.717) is 25.7 Å². The molecule has 1 aromatic carbocycles. The van der Waals surface area contributed by atoms with Crippen molar-refractivity contribution in [3.63, 3.8) is 0 Å². The third kappa shape index (κ3) is 5.30. The summed E-state index contributed by atoms with van der Waals surface area (Å²) in [5.41, 5.74) is -2.45. The van der Waals surface area contributed by atoms with E-state index in [1.165, 1.54) is 0 Å². The minimum atomic E-state index is -0.679. The molecule has 0 aliphatic carbocycles. The Morgan fingerprint density at radius 3 is 1.18 bits per heavy atom. The highest BCUT2D eigenvalue weighted by Crippen LogP contribution is 2.40. The maximum atomic E-state index is 13.1. The zero-order chi connectivity index (χ0) is 25.7. The van der Waals surface area contributed by atoms with Crippen LogP contribution >= 0.6 is 0 Å². The van der Waals surface area contributed by atoms with Crippen molar-refractivity contribution < 1.29 is 29.5 Å². The minimum absolute atomic E-state index is 0.132. The third-order valence-corrected chi connectivity index (χ3v) is 7.02. The topological polar surface area (TPSA) is 98.9 Å². The lowest BCUT2D eigenvalue weighted by Gasteiger charge is -2.49. The lowest BCUT2D eigenvalue weighted by molar-refractivity contribution is -0.298. The Morgan fingerprint density at radius 1 is 0.647 bits per heavy atom. The summed E-state index contributed by atoms with van der Waals surface area (Å²) < 4.78 is 11.6. The average Bonchev–Trinajstić information content (AvgIpc) is 2.69. The highest BCUT2D eigenvalue weighted by molar-refractivity contribution is 6.03. The molecule has 1 aromatic rings. The molecule has 0 N–H and O–H groups in total. The van der Waals surface area contributed by atoms with E-state index in [1.807, 2.05) is 55.4 Å². The molecule has 2 saturated heterocycles. The summed E-state index contributed by atoms with van der Waals surface area (Å²) in [6, 6.07) is 6.44. The maximum absolute atomic E-state index is 13.1. The molecule has 2 radical (unpaired) electrons. The Kier molecular flexibility index (Phi) is 6.96. The van der Waals surface area contributed by atoms with Gasteiger partial charge in [0.15, 0.2) is 0 Å². The number of hydrogen-bond acceptors (Lipinski definition) is 6. The van der Waals surface area contributed by atoms with E-state index in [4.69, 9.17) is 9.47 Å². The molecule has 8 nitrogen and oxygen atoms in total. The lowest BCUT2D eigenvalue weighted by Crippen LogP contribution is -2.60. The van der Waals surface area contributed by atoms with Crippen LogP contribution in [0.4, 0.5) is 0 Å². The van der Waals surface area contributed by atoms with Gasteiger partial charge in [-0.05, 0) is 67.5 Å². The molecule has 0 unspecified atom stereocenters. The number of rotatable bonds is 4. The first-order valence-corrected chi connectivity index (χ1v) is 11.9. The molecule has 2 aliphatic heterocycles. The zero-order valence-electron chi connectivity index (χ0n) is 21.6. The Hall–Kier alpha value is -2.00. The first-order chi connectivity index (χ1) is 15.5. The molecule has 2 heterocycles. The van der Waals surface area contributed by atoms with Gasteiger partial charge in [0.05, 0.1) is 11.1 Å². The van der Waals surface area contributed by atoms with Crippen molar-refractivity contribution >= 4 is 11.9 Å². The molecule has 188 valence electrons. The number of esters is 2. The highest BCUT2D eigenvalue weighted by atomic mass is 16.6. The predicted molar refractivity (Wildman–Crippen MR) is 125 cm³/mol. The van der Waals surface area contributed by atoms with Crippen LogP contribution in [0.15, 0.2) is 24.3 Å². The first-order valence-electron chi connectivity index (χ1n) is 11.9. The molecule has 0 aromatic heterocycles. The summed E-state index contributed by atoms with van der Waals surface area (Å²) >= 11 is 0. The summed E-state index contributed by atoms with van der Waals surface area (Å²) in [6.45, 7) is 14.7. The summed E-state index contributed by atoms with van der Waals surface area (Å²) in [5, 5.41) is 27.4. The van der Waals surface area contributed by atoms with E-state index < -0.39 is 46.3 Å². The maximum Gasteiger partial charge on any atom is 0.339 e. The standard InChI is InChI=1S/C26H38N2O6/c1-23(2)13-17(14-24(3,4)27(23)31)33-21(29)19-11-9-10-12-20(19)22(30)34-18-15-25(5,6)28(32)26(7,8)16-18/h9-12,17-18H,13-16H2,1-8H3. The average molecular weight is 475 g/mol. The number of hydrogen-bond donors (Lipinski definition) is 0. The molecule has 3 rings (SSSR count). The van der Waals surface area contributed by atoms with Gasteiger partial charge in [-0.3, -0.25) is 0 Å². The van der Waals surface area contributed by atoms with Gasteiger partial charge in [-0.25, -0.2) is 9.59 Å². The number of piperidine rings is 2. The number of carbonyl (C=O) groups is 2. The fourth-order valence-corrected chi connectivity index (χ4v) is 5.78. The Balaban J connectivity index is 1.76. The van der Waals surface area contributed by atoms with Crippen molar-refractivity contribution in [2.24, 2.45) is 0 Å². The second-order valence-electron chi connectivity index (χ2n) is 12.3. The van der Waals surface area contributed by atoms with Gasteiger partial charge in [0, 0.05) is 47.8 Å². The van der Waals surface area contributed by atoms with E-state index in [0.717, 1.165) is 10.1 Å². The molecule has 34 heavy (non-hydrogen) atoms. The fourth-order valence-electron chi connectivity index (χ4n) is 5.78. The summed E-state index contributed by atoms with van der Waals surface area (Å²) in [4.78, 5) is 26.2. The van der Waals surface area contributed by atoms with Gasteiger partial charge in [-0.15, -0.1) is 20.5 Å². The van der Waals surface area contributed by atoms with Crippen molar-refractivity contribution in [1.29, 1.82) is 0 Å². The Morgan fingerprint density at radius 2 is 0.912 bits per heavy atom. The molecule has 0 amide bonds. The summed E-state index contributed by atoms with van der Waals surface area (Å²) in [5.74, 6) is -1.22. The summed E-state index contributed by atoms with van der Waals surface area (Å²) in [6.07, 6.45) is 0.698. The molecule has 2 aliphatic rings. The largest absolute Gasteiger partial charge is 0.459 e. The van der Waals surface area contributed by atoms with Gasteiger partial charge in [0.1, 0.15) is 12.2 Å². The van der Waals surface area contributed by atoms with Crippen molar-refractivity contribution in [2.45, 2.75) is 115 Å². The summed E-state index contributed by atoms with van der Waals surface area (Å²) in [7, 11) is 0. The molecular formula is C26H38N2O6. The smallest absolute Gasteiger partial charge is 0.339 e. The van der Waals surface area contributed by atoms with Crippen molar-refractivity contribution in [1.82, 2.24) is 10.1 Å². The van der Waals surface area contributed by atoms with Gasteiger partial charge in [-0.2, -0.15) is 0 Å². The van der Waals surface area contributed by atoms with Crippen LogP contribution in [-0.2, 0) is 19.9 Å². The Labute approximate surface area is 202 Å². The fraction of sp³-hybridized carbons (Fsp3) is 0.692. The van der Waals surface area contributed by atoms with E-state index in [9.17, 15) is 20.0 Å². The number of benzene rings is 1. The second-order valence-corrected chi connectivity index (χ2v) is 12.3. The Bertz CT molecular complexity index is 828. The third-order valence-electron chi connectivity index (χ3n) is 7.02.